The van der Waals surface area contributed by atoms with Crippen LogP contribution >= 0.6 is 0 Å². The van der Waals surface area contributed by atoms with E-state index in [0.717, 1.165) is 6.42 Å². The molecule has 0 bridgehead atoms. The van der Waals surface area contributed by atoms with Crippen molar-refractivity contribution in [1.82, 2.24) is 4.98 Å². The second-order valence-corrected chi connectivity index (χ2v) is 4.25. The number of aromatic nitrogens is 1. The SMILES string of the molecule is CC(C)CC(C)Oc1cc(C(=O)O)ccn1. The van der Waals surface area contributed by atoms with Crippen LogP contribution in [0.3, 0.4) is 0 Å². The van der Waals surface area contributed by atoms with Gasteiger partial charge in [0.15, 0.2) is 0 Å². The van der Waals surface area contributed by atoms with Crippen LogP contribution in [0.2, 0.25) is 0 Å². The number of hydrogen-bond acceptors (Lipinski definition) is 3. The third-order valence-corrected chi connectivity index (χ3v) is 2.11. The summed E-state index contributed by atoms with van der Waals surface area (Å²) >= 11 is 0. The molecule has 0 aliphatic carbocycles. The van der Waals surface area contributed by atoms with Gasteiger partial charge in [0.1, 0.15) is 0 Å². The normalized spacial score (nSPS) is 12.5. The largest absolute Gasteiger partial charge is 0.478 e. The number of aromatic carboxylic acids is 1. The zero-order chi connectivity index (χ0) is 12.1. The van der Waals surface area contributed by atoms with Crippen LogP contribution in [0.1, 0.15) is 37.6 Å². The molecule has 1 N–H and O–H groups in total. The van der Waals surface area contributed by atoms with Gasteiger partial charge in [-0.15, -0.1) is 0 Å². The predicted molar refractivity (Wildman–Crippen MR) is 60.7 cm³/mol. The summed E-state index contributed by atoms with van der Waals surface area (Å²) in [5, 5.41) is 8.81. The van der Waals surface area contributed by atoms with Crippen LogP contribution in [0.25, 0.3) is 0 Å². The van der Waals surface area contributed by atoms with Crippen LogP contribution < -0.4 is 4.74 Å². The van der Waals surface area contributed by atoms with Crippen molar-refractivity contribution in [2.75, 3.05) is 0 Å². The van der Waals surface area contributed by atoms with Crippen LogP contribution in [-0.2, 0) is 0 Å². The van der Waals surface area contributed by atoms with Gasteiger partial charge in [0.2, 0.25) is 5.88 Å². The smallest absolute Gasteiger partial charge is 0.335 e. The van der Waals surface area contributed by atoms with E-state index in [4.69, 9.17) is 9.84 Å². The molecule has 0 saturated heterocycles. The number of carboxylic acid groups (broad SMARTS) is 1. The first-order chi connectivity index (χ1) is 7.49. The van der Waals surface area contributed by atoms with Crippen LogP contribution in [0.5, 0.6) is 5.88 Å². The molecule has 88 valence electrons. The van der Waals surface area contributed by atoms with Gasteiger partial charge in [0.25, 0.3) is 0 Å². The number of carboxylic acids is 1. The topological polar surface area (TPSA) is 59.4 Å². The molecule has 4 nitrogen and oxygen atoms in total. The van der Waals surface area contributed by atoms with E-state index >= 15 is 0 Å². The summed E-state index contributed by atoms with van der Waals surface area (Å²) in [4.78, 5) is 14.7. The van der Waals surface area contributed by atoms with Crippen LogP contribution in [-0.4, -0.2) is 22.2 Å². The highest BCUT2D eigenvalue weighted by atomic mass is 16.5. The van der Waals surface area contributed by atoms with E-state index in [-0.39, 0.29) is 11.7 Å². The maximum absolute atomic E-state index is 10.7. The highest BCUT2D eigenvalue weighted by molar-refractivity contribution is 5.87. The first-order valence-electron chi connectivity index (χ1n) is 5.35. The molecule has 1 aromatic heterocycles. The molecule has 1 aromatic rings. The van der Waals surface area contributed by atoms with Crippen LogP contribution in [0.15, 0.2) is 18.3 Å². The highest BCUT2D eigenvalue weighted by Gasteiger charge is 2.09. The number of hydrogen-bond donors (Lipinski definition) is 1. The summed E-state index contributed by atoms with van der Waals surface area (Å²) in [6, 6.07) is 2.89. The third-order valence-electron chi connectivity index (χ3n) is 2.11. The first kappa shape index (κ1) is 12.5. The molecule has 1 unspecified atom stereocenters. The maximum atomic E-state index is 10.7. The van der Waals surface area contributed by atoms with Crippen molar-refractivity contribution in [3.63, 3.8) is 0 Å². The Kier molecular flexibility index (Phi) is 4.28. The van der Waals surface area contributed by atoms with Gasteiger partial charge in [-0.05, 0) is 25.3 Å². The van der Waals surface area contributed by atoms with Crippen molar-refractivity contribution in [3.05, 3.63) is 23.9 Å². The molecule has 0 aromatic carbocycles. The fraction of sp³-hybridized carbons (Fsp3) is 0.500. The molecule has 0 aliphatic heterocycles. The predicted octanol–water partition coefficient (Wildman–Crippen LogP) is 2.59. The first-order valence-corrected chi connectivity index (χ1v) is 5.35. The van der Waals surface area contributed by atoms with E-state index in [0.29, 0.717) is 11.8 Å². The van der Waals surface area contributed by atoms with E-state index in [9.17, 15) is 4.79 Å². The Labute approximate surface area is 95.3 Å². The van der Waals surface area contributed by atoms with Gasteiger partial charge in [0.05, 0.1) is 11.7 Å². The fourth-order valence-electron chi connectivity index (χ4n) is 1.53. The Morgan fingerprint density at radius 1 is 1.50 bits per heavy atom. The summed E-state index contributed by atoms with van der Waals surface area (Å²) in [6.07, 6.45) is 2.40. The quantitative estimate of drug-likeness (QED) is 0.833. The van der Waals surface area contributed by atoms with Gasteiger partial charge in [-0.25, -0.2) is 9.78 Å². The van der Waals surface area contributed by atoms with Gasteiger partial charge in [-0.1, -0.05) is 13.8 Å². The zero-order valence-corrected chi connectivity index (χ0v) is 9.80. The van der Waals surface area contributed by atoms with Gasteiger partial charge >= 0.3 is 5.97 Å². The lowest BCUT2D eigenvalue weighted by atomic mass is 10.1. The van der Waals surface area contributed by atoms with E-state index in [1.54, 1.807) is 0 Å². The average molecular weight is 223 g/mol. The molecule has 0 saturated carbocycles. The molecule has 0 aliphatic rings. The molecule has 0 radical (unpaired) electrons. The minimum Gasteiger partial charge on any atom is -0.478 e. The molecule has 0 fully saturated rings. The number of nitrogens with zero attached hydrogens (tertiary/aromatic N) is 1. The number of ether oxygens (including phenoxy) is 1. The Balaban J connectivity index is 2.66. The molecule has 0 amide bonds. The minimum atomic E-state index is -0.969. The van der Waals surface area contributed by atoms with Gasteiger partial charge in [0, 0.05) is 12.3 Å². The van der Waals surface area contributed by atoms with E-state index in [1.165, 1.54) is 18.3 Å². The molecular weight excluding hydrogens is 206 g/mol. The lowest BCUT2D eigenvalue weighted by Gasteiger charge is -2.15. The van der Waals surface area contributed by atoms with E-state index in [2.05, 4.69) is 18.8 Å². The summed E-state index contributed by atoms with van der Waals surface area (Å²) in [6.45, 7) is 6.18. The van der Waals surface area contributed by atoms with Gasteiger partial charge in [-0.3, -0.25) is 0 Å². The molecule has 4 heteroatoms. The zero-order valence-electron chi connectivity index (χ0n) is 9.80. The van der Waals surface area contributed by atoms with Crippen molar-refractivity contribution >= 4 is 5.97 Å². The Morgan fingerprint density at radius 2 is 2.19 bits per heavy atom. The summed E-state index contributed by atoms with van der Waals surface area (Å²) in [5.41, 5.74) is 0.196. The Hall–Kier alpha value is -1.58. The average Bonchev–Trinajstić information content (AvgIpc) is 2.16. The maximum Gasteiger partial charge on any atom is 0.335 e. The number of rotatable bonds is 5. The highest BCUT2D eigenvalue weighted by Crippen LogP contribution is 2.14. The lowest BCUT2D eigenvalue weighted by Crippen LogP contribution is -2.15. The molecule has 16 heavy (non-hydrogen) atoms. The van der Waals surface area contributed by atoms with E-state index in [1.807, 2.05) is 6.92 Å². The molecule has 1 rings (SSSR count). The van der Waals surface area contributed by atoms with Crippen molar-refractivity contribution in [2.45, 2.75) is 33.3 Å². The van der Waals surface area contributed by atoms with Gasteiger partial charge in [-0.2, -0.15) is 0 Å². The second kappa shape index (κ2) is 5.49. The van der Waals surface area contributed by atoms with Crippen LogP contribution in [0, 0.1) is 5.92 Å². The van der Waals surface area contributed by atoms with Crippen LogP contribution in [0.4, 0.5) is 0 Å². The number of carbonyl (C=O) groups is 1. The molecule has 0 spiro atoms. The van der Waals surface area contributed by atoms with Crippen molar-refractivity contribution < 1.29 is 14.6 Å². The summed E-state index contributed by atoms with van der Waals surface area (Å²) in [5.74, 6) is -0.0607. The molecule has 1 atom stereocenters. The molecular formula is C12H17NO3. The number of pyridine rings is 1. The van der Waals surface area contributed by atoms with Crippen molar-refractivity contribution in [3.8, 4) is 5.88 Å². The third kappa shape index (κ3) is 3.88. The monoisotopic (exact) mass is 223 g/mol. The minimum absolute atomic E-state index is 0.0385. The lowest BCUT2D eigenvalue weighted by molar-refractivity contribution is 0.0695. The summed E-state index contributed by atoms with van der Waals surface area (Å²) < 4.78 is 5.54. The standard InChI is InChI=1S/C12H17NO3/c1-8(2)6-9(3)16-11-7-10(12(14)15)4-5-13-11/h4-5,7-9H,6H2,1-3H3,(H,14,15). The molecule has 1 heterocycles. The summed E-state index contributed by atoms with van der Waals surface area (Å²) in [7, 11) is 0. The van der Waals surface area contributed by atoms with E-state index < -0.39 is 5.97 Å². The Morgan fingerprint density at radius 3 is 2.75 bits per heavy atom. The van der Waals surface area contributed by atoms with Gasteiger partial charge < -0.3 is 9.84 Å². The van der Waals surface area contributed by atoms with Crippen molar-refractivity contribution in [2.24, 2.45) is 5.92 Å². The Bertz CT molecular complexity index is 363. The van der Waals surface area contributed by atoms with Crippen molar-refractivity contribution in [1.29, 1.82) is 0 Å². The second-order valence-electron chi connectivity index (χ2n) is 4.25. The fourth-order valence-corrected chi connectivity index (χ4v) is 1.53.